The molecule has 0 atom stereocenters. The van der Waals surface area contributed by atoms with Gasteiger partial charge in [0, 0.05) is 6.92 Å². The lowest BCUT2D eigenvalue weighted by molar-refractivity contribution is -0.384. The predicted octanol–water partition coefficient (Wildman–Crippen LogP) is 1.32. The van der Waals surface area contributed by atoms with Crippen LogP contribution in [0.4, 0.5) is 11.6 Å². The Morgan fingerprint density at radius 2 is 2.24 bits per heavy atom. The molecule has 0 unspecified atom stereocenters. The number of rotatable bonds is 4. The smallest absolute Gasteiger partial charge is 0.374 e. The molecule has 17 heavy (non-hydrogen) atoms. The van der Waals surface area contributed by atoms with E-state index in [1.807, 2.05) is 0 Å². The van der Waals surface area contributed by atoms with Gasteiger partial charge in [0.1, 0.15) is 0 Å². The van der Waals surface area contributed by atoms with Gasteiger partial charge in [0.15, 0.2) is 0 Å². The SMILES string of the molecule is CCOC(=O)c1cc([N+](=O)[O-])c(NC(C)=O)o1. The van der Waals surface area contributed by atoms with Crippen LogP contribution in [0.25, 0.3) is 0 Å². The first-order valence-corrected chi connectivity index (χ1v) is 4.68. The van der Waals surface area contributed by atoms with E-state index in [0.29, 0.717) is 0 Å². The first kappa shape index (κ1) is 12.7. The summed E-state index contributed by atoms with van der Waals surface area (Å²) in [5.41, 5.74) is -0.497. The zero-order valence-corrected chi connectivity index (χ0v) is 9.18. The molecule has 0 aliphatic rings. The largest absolute Gasteiger partial charge is 0.460 e. The first-order chi connectivity index (χ1) is 7.95. The van der Waals surface area contributed by atoms with Crippen LogP contribution in [0.1, 0.15) is 24.4 Å². The van der Waals surface area contributed by atoms with E-state index in [2.05, 4.69) is 10.1 Å². The number of nitrogens with one attached hydrogen (secondary N) is 1. The standard InChI is InChI=1S/C9H10N2O6/c1-3-16-9(13)7-4-6(11(14)15)8(17-7)10-5(2)12/h4H,3H2,1-2H3,(H,10,12). The van der Waals surface area contributed by atoms with E-state index >= 15 is 0 Å². The van der Waals surface area contributed by atoms with Gasteiger partial charge in [-0.2, -0.15) is 0 Å². The molecule has 0 fully saturated rings. The summed E-state index contributed by atoms with van der Waals surface area (Å²) < 4.78 is 9.47. The van der Waals surface area contributed by atoms with Crippen molar-refractivity contribution in [2.75, 3.05) is 11.9 Å². The quantitative estimate of drug-likeness (QED) is 0.484. The van der Waals surface area contributed by atoms with Crippen LogP contribution in [0.2, 0.25) is 0 Å². The van der Waals surface area contributed by atoms with E-state index in [1.165, 1.54) is 0 Å². The van der Waals surface area contributed by atoms with Crippen molar-refractivity contribution in [1.82, 2.24) is 0 Å². The molecule has 0 saturated heterocycles. The maximum absolute atomic E-state index is 11.3. The molecule has 92 valence electrons. The highest BCUT2D eigenvalue weighted by atomic mass is 16.6. The molecule has 0 saturated carbocycles. The Hall–Kier alpha value is -2.38. The number of esters is 1. The van der Waals surface area contributed by atoms with Gasteiger partial charge in [0.25, 0.3) is 5.88 Å². The van der Waals surface area contributed by atoms with Gasteiger partial charge in [-0.1, -0.05) is 0 Å². The van der Waals surface area contributed by atoms with Crippen LogP contribution in [-0.2, 0) is 9.53 Å². The second-order valence-corrected chi connectivity index (χ2v) is 2.98. The van der Waals surface area contributed by atoms with Crippen molar-refractivity contribution < 1.29 is 23.7 Å². The van der Waals surface area contributed by atoms with Gasteiger partial charge in [-0.15, -0.1) is 0 Å². The third kappa shape index (κ3) is 3.03. The summed E-state index contributed by atoms with van der Waals surface area (Å²) in [6.45, 7) is 2.86. The molecule has 0 spiro atoms. The van der Waals surface area contributed by atoms with Crippen molar-refractivity contribution in [2.45, 2.75) is 13.8 Å². The van der Waals surface area contributed by atoms with Crippen molar-refractivity contribution >= 4 is 23.4 Å². The van der Waals surface area contributed by atoms with E-state index in [-0.39, 0.29) is 18.3 Å². The minimum Gasteiger partial charge on any atom is -0.460 e. The molecule has 0 radical (unpaired) electrons. The molecule has 1 N–H and O–H groups in total. The molecule has 8 nitrogen and oxygen atoms in total. The number of hydrogen-bond donors (Lipinski definition) is 1. The van der Waals surface area contributed by atoms with Gasteiger partial charge in [-0.3, -0.25) is 20.2 Å². The molecule has 1 aromatic heterocycles. The van der Waals surface area contributed by atoms with E-state index in [0.717, 1.165) is 13.0 Å². The normalized spacial score (nSPS) is 9.76. The van der Waals surface area contributed by atoms with Crippen LogP contribution < -0.4 is 5.32 Å². The predicted molar refractivity (Wildman–Crippen MR) is 55.6 cm³/mol. The molecule has 8 heteroatoms. The van der Waals surface area contributed by atoms with Gasteiger partial charge in [-0.05, 0) is 6.92 Å². The number of hydrogen-bond acceptors (Lipinski definition) is 6. The van der Waals surface area contributed by atoms with Crippen LogP contribution in [-0.4, -0.2) is 23.4 Å². The Bertz CT molecular complexity index is 464. The Morgan fingerprint density at radius 1 is 1.59 bits per heavy atom. The van der Waals surface area contributed by atoms with Crippen LogP contribution >= 0.6 is 0 Å². The van der Waals surface area contributed by atoms with Gasteiger partial charge in [0.05, 0.1) is 17.6 Å². The van der Waals surface area contributed by atoms with Crippen molar-refractivity contribution in [2.24, 2.45) is 0 Å². The fourth-order valence-corrected chi connectivity index (χ4v) is 1.07. The lowest BCUT2D eigenvalue weighted by atomic mass is 10.4. The van der Waals surface area contributed by atoms with Crippen LogP contribution in [0.3, 0.4) is 0 Å². The fourth-order valence-electron chi connectivity index (χ4n) is 1.07. The van der Waals surface area contributed by atoms with Gasteiger partial charge < -0.3 is 9.15 Å². The topological polar surface area (TPSA) is 112 Å². The number of ether oxygens (including phenoxy) is 1. The zero-order valence-electron chi connectivity index (χ0n) is 9.18. The molecular weight excluding hydrogens is 232 g/mol. The molecule has 0 aliphatic heterocycles. The lowest BCUT2D eigenvalue weighted by Crippen LogP contribution is -2.06. The molecule has 1 aromatic rings. The van der Waals surface area contributed by atoms with E-state index in [1.54, 1.807) is 6.92 Å². The molecule has 1 rings (SSSR count). The van der Waals surface area contributed by atoms with Crippen LogP contribution in [0.5, 0.6) is 0 Å². The summed E-state index contributed by atoms with van der Waals surface area (Å²) in [6, 6.07) is 0.906. The number of carbonyl (C=O) groups is 2. The summed E-state index contributed by atoms with van der Waals surface area (Å²) in [7, 11) is 0. The van der Waals surface area contributed by atoms with E-state index in [4.69, 9.17) is 4.42 Å². The molecule has 0 bridgehead atoms. The van der Waals surface area contributed by atoms with Crippen molar-refractivity contribution in [3.05, 3.63) is 21.9 Å². The van der Waals surface area contributed by atoms with E-state index in [9.17, 15) is 19.7 Å². The highest BCUT2D eigenvalue weighted by Gasteiger charge is 2.25. The maximum Gasteiger partial charge on any atom is 0.374 e. The van der Waals surface area contributed by atoms with Crippen molar-refractivity contribution in [3.8, 4) is 0 Å². The number of nitro groups is 1. The first-order valence-electron chi connectivity index (χ1n) is 4.68. The third-order valence-corrected chi connectivity index (χ3v) is 1.68. The van der Waals surface area contributed by atoms with Gasteiger partial charge >= 0.3 is 11.7 Å². The maximum atomic E-state index is 11.3. The molecule has 0 aliphatic carbocycles. The molecular formula is C9H10N2O6. The van der Waals surface area contributed by atoms with E-state index < -0.39 is 22.5 Å². The van der Waals surface area contributed by atoms with Crippen LogP contribution in [0.15, 0.2) is 10.5 Å². The fraction of sp³-hybridized carbons (Fsp3) is 0.333. The summed E-state index contributed by atoms with van der Waals surface area (Å²) in [5, 5.41) is 12.8. The summed E-state index contributed by atoms with van der Waals surface area (Å²) >= 11 is 0. The summed E-state index contributed by atoms with van der Waals surface area (Å²) in [4.78, 5) is 31.9. The number of anilines is 1. The highest BCUT2D eigenvalue weighted by molar-refractivity contribution is 5.92. The summed E-state index contributed by atoms with van der Waals surface area (Å²) in [5.74, 6) is -2.09. The average Bonchev–Trinajstić information content (AvgIpc) is 2.61. The number of amides is 1. The second kappa shape index (κ2) is 5.10. The minimum absolute atomic E-state index is 0.114. The number of nitrogens with zero attached hydrogens (tertiary/aromatic N) is 1. The Kier molecular flexibility index (Phi) is 3.81. The Morgan fingerprint density at radius 3 is 2.71 bits per heavy atom. The molecule has 0 aromatic carbocycles. The monoisotopic (exact) mass is 242 g/mol. The summed E-state index contributed by atoms with van der Waals surface area (Å²) in [6.07, 6.45) is 0. The van der Waals surface area contributed by atoms with Crippen molar-refractivity contribution in [3.63, 3.8) is 0 Å². The van der Waals surface area contributed by atoms with Crippen molar-refractivity contribution in [1.29, 1.82) is 0 Å². The molecule has 1 amide bonds. The Balaban J connectivity index is 3.07. The lowest BCUT2D eigenvalue weighted by Gasteiger charge is -1.97. The number of carbonyl (C=O) groups excluding carboxylic acids is 2. The minimum atomic E-state index is -0.827. The Labute approximate surface area is 95.7 Å². The average molecular weight is 242 g/mol. The number of furan rings is 1. The third-order valence-electron chi connectivity index (χ3n) is 1.68. The van der Waals surface area contributed by atoms with Gasteiger partial charge in [-0.25, -0.2) is 4.79 Å². The second-order valence-electron chi connectivity index (χ2n) is 2.98. The van der Waals surface area contributed by atoms with Crippen LogP contribution in [0, 0.1) is 10.1 Å². The molecule has 1 heterocycles. The zero-order chi connectivity index (χ0) is 13.0. The van der Waals surface area contributed by atoms with Gasteiger partial charge in [0.2, 0.25) is 11.7 Å². The highest BCUT2D eigenvalue weighted by Crippen LogP contribution is 2.29.